The lowest BCUT2D eigenvalue weighted by Crippen LogP contribution is -1.89. The van der Waals surface area contributed by atoms with E-state index in [1.165, 1.54) is 12.3 Å². The lowest BCUT2D eigenvalue weighted by Gasteiger charge is -2.06. The molecule has 0 bridgehead atoms. The van der Waals surface area contributed by atoms with E-state index in [2.05, 4.69) is 36.8 Å². The Morgan fingerprint density at radius 1 is 1.06 bits per heavy atom. The van der Waals surface area contributed by atoms with Crippen molar-refractivity contribution in [2.24, 2.45) is 0 Å². The largest absolute Gasteiger partial charge is 0.453 e. The van der Waals surface area contributed by atoms with E-state index in [1.807, 2.05) is 0 Å². The Hall–Kier alpha value is -0.940. The van der Waals surface area contributed by atoms with E-state index in [1.54, 1.807) is 24.4 Å². The SMILES string of the molecule is Fc1cc(Br)ccc1Oc1cncc(Br)c1. The molecule has 0 N–H and O–H groups in total. The van der Waals surface area contributed by atoms with E-state index < -0.39 is 5.82 Å². The normalized spacial score (nSPS) is 10.2. The summed E-state index contributed by atoms with van der Waals surface area (Å²) in [5.41, 5.74) is 0. The van der Waals surface area contributed by atoms with Gasteiger partial charge in [0.25, 0.3) is 0 Å². The van der Waals surface area contributed by atoms with Gasteiger partial charge in [0.05, 0.1) is 6.20 Å². The zero-order valence-corrected chi connectivity index (χ0v) is 11.1. The third-order valence-corrected chi connectivity index (χ3v) is 2.73. The van der Waals surface area contributed by atoms with E-state index in [0.29, 0.717) is 10.2 Å². The molecule has 16 heavy (non-hydrogen) atoms. The van der Waals surface area contributed by atoms with Crippen LogP contribution in [0.4, 0.5) is 4.39 Å². The molecule has 0 saturated carbocycles. The Morgan fingerprint density at radius 2 is 1.88 bits per heavy atom. The molecule has 0 radical (unpaired) electrons. The van der Waals surface area contributed by atoms with Gasteiger partial charge in [-0.1, -0.05) is 15.9 Å². The fourth-order valence-corrected chi connectivity index (χ4v) is 1.81. The molecule has 0 fully saturated rings. The minimum Gasteiger partial charge on any atom is -0.453 e. The summed E-state index contributed by atoms with van der Waals surface area (Å²) >= 11 is 6.44. The Labute approximate surface area is 109 Å². The van der Waals surface area contributed by atoms with Gasteiger partial charge in [-0.25, -0.2) is 4.39 Å². The van der Waals surface area contributed by atoms with E-state index >= 15 is 0 Å². The molecule has 2 rings (SSSR count). The van der Waals surface area contributed by atoms with Crippen LogP contribution in [-0.4, -0.2) is 4.98 Å². The maximum absolute atomic E-state index is 13.4. The molecule has 2 aromatic rings. The van der Waals surface area contributed by atoms with Crippen molar-refractivity contribution in [1.29, 1.82) is 0 Å². The number of hydrogen-bond acceptors (Lipinski definition) is 2. The standard InChI is InChI=1S/C11H6Br2FNO/c12-7-1-2-11(10(14)4-7)16-9-3-8(13)5-15-6-9/h1-6H. The Balaban J connectivity index is 2.27. The Morgan fingerprint density at radius 3 is 2.56 bits per heavy atom. The molecule has 0 atom stereocenters. The van der Waals surface area contributed by atoms with Crippen LogP contribution in [0, 0.1) is 5.82 Å². The number of hydrogen-bond donors (Lipinski definition) is 0. The van der Waals surface area contributed by atoms with Gasteiger partial charge in [-0.05, 0) is 40.2 Å². The molecule has 0 aliphatic heterocycles. The van der Waals surface area contributed by atoms with Crippen LogP contribution in [0.5, 0.6) is 11.5 Å². The highest BCUT2D eigenvalue weighted by Crippen LogP contribution is 2.27. The van der Waals surface area contributed by atoms with E-state index in [4.69, 9.17) is 4.74 Å². The van der Waals surface area contributed by atoms with Crippen LogP contribution in [0.15, 0.2) is 45.6 Å². The highest BCUT2D eigenvalue weighted by Gasteiger charge is 2.05. The first-order valence-corrected chi connectivity index (χ1v) is 5.97. The quantitative estimate of drug-likeness (QED) is 0.796. The van der Waals surface area contributed by atoms with Crippen LogP contribution in [0.1, 0.15) is 0 Å². The van der Waals surface area contributed by atoms with Crippen LogP contribution in [-0.2, 0) is 0 Å². The molecule has 2 nitrogen and oxygen atoms in total. The van der Waals surface area contributed by atoms with Crippen molar-refractivity contribution in [2.45, 2.75) is 0 Å². The first-order valence-electron chi connectivity index (χ1n) is 4.38. The number of benzene rings is 1. The van der Waals surface area contributed by atoms with Crippen molar-refractivity contribution in [3.63, 3.8) is 0 Å². The van der Waals surface area contributed by atoms with Gasteiger partial charge in [0.15, 0.2) is 11.6 Å². The van der Waals surface area contributed by atoms with Crippen LogP contribution in [0.2, 0.25) is 0 Å². The molecule has 1 aromatic carbocycles. The van der Waals surface area contributed by atoms with E-state index in [9.17, 15) is 4.39 Å². The summed E-state index contributed by atoms with van der Waals surface area (Å²) in [5, 5.41) is 0. The van der Waals surface area contributed by atoms with E-state index in [-0.39, 0.29) is 5.75 Å². The molecule has 82 valence electrons. The van der Waals surface area contributed by atoms with Gasteiger partial charge in [0, 0.05) is 15.1 Å². The molecule has 0 aliphatic carbocycles. The number of rotatable bonds is 2. The van der Waals surface area contributed by atoms with Gasteiger partial charge in [-0.2, -0.15) is 0 Å². The smallest absolute Gasteiger partial charge is 0.166 e. The Kier molecular flexibility index (Phi) is 3.56. The third-order valence-electron chi connectivity index (χ3n) is 1.80. The highest BCUT2D eigenvalue weighted by molar-refractivity contribution is 9.10. The van der Waals surface area contributed by atoms with Gasteiger partial charge in [0.2, 0.25) is 0 Å². The minimum absolute atomic E-state index is 0.170. The molecule has 1 aromatic heterocycles. The van der Waals surface area contributed by atoms with Crippen molar-refractivity contribution in [2.75, 3.05) is 0 Å². The summed E-state index contributed by atoms with van der Waals surface area (Å²) in [7, 11) is 0. The van der Waals surface area contributed by atoms with Crippen LogP contribution in [0.3, 0.4) is 0 Å². The summed E-state index contributed by atoms with van der Waals surface area (Å²) in [6, 6.07) is 6.33. The predicted molar refractivity (Wildman–Crippen MR) is 66.1 cm³/mol. The number of aromatic nitrogens is 1. The second-order valence-electron chi connectivity index (χ2n) is 3.02. The van der Waals surface area contributed by atoms with Gasteiger partial charge >= 0.3 is 0 Å². The first kappa shape index (κ1) is 11.5. The molecule has 5 heteroatoms. The van der Waals surface area contributed by atoms with Gasteiger partial charge in [-0.15, -0.1) is 0 Å². The summed E-state index contributed by atoms with van der Waals surface area (Å²) in [6.45, 7) is 0. The summed E-state index contributed by atoms with van der Waals surface area (Å²) in [6.07, 6.45) is 3.15. The molecule has 0 saturated heterocycles. The van der Waals surface area contributed by atoms with Crippen molar-refractivity contribution in [3.05, 3.63) is 51.4 Å². The minimum atomic E-state index is -0.422. The Bertz CT molecular complexity index is 519. The second-order valence-corrected chi connectivity index (χ2v) is 4.85. The molecular formula is C11H6Br2FNO. The van der Waals surface area contributed by atoms with Crippen molar-refractivity contribution >= 4 is 31.9 Å². The molecule has 1 heterocycles. The lowest BCUT2D eigenvalue weighted by molar-refractivity contribution is 0.440. The van der Waals surface area contributed by atoms with Gasteiger partial charge < -0.3 is 4.74 Å². The van der Waals surface area contributed by atoms with Crippen LogP contribution < -0.4 is 4.74 Å². The van der Waals surface area contributed by atoms with Gasteiger partial charge in [-0.3, -0.25) is 4.98 Å². The van der Waals surface area contributed by atoms with Crippen molar-refractivity contribution < 1.29 is 9.13 Å². The summed E-state index contributed by atoms with van der Waals surface area (Å²) in [4.78, 5) is 3.92. The second kappa shape index (κ2) is 4.93. The first-order chi connectivity index (χ1) is 7.65. The zero-order chi connectivity index (χ0) is 11.5. The molecule has 0 unspecified atom stereocenters. The average molecular weight is 347 g/mol. The summed E-state index contributed by atoms with van der Waals surface area (Å²) in [5.74, 6) is 0.230. The fourth-order valence-electron chi connectivity index (χ4n) is 1.13. The van der Waals surface area contributed by atoms with Crippen LogP contribution >= 0.6 is 31.9 Å². The lowest BCUT2D eigenvalue weighted by atomic mass is 10.3. The molecular weight excluding hydrogens is 341 g/mol. The monoisotopic (exact) mass is 345 g/mol. The van der Waals surface area contributed by atoms with Crippen molar-refractivity contribution in [3.8, 4) is 11.5 Å². The highest BCUT2D eigenvalue weighted by atomic mass is 79.9. The third kappa shape index (κ3) is 2.80. The van der Waals surface area contributed by atoms with Crippen LogP contribution in [0.25, 0.3) is 0 Å². The zero-order valence-electron chi connectivity index (χ0n) is 7.95. The van der Waals surface area contributed by atoms with Gasteiger partial charge in [0.1, 0.15) is 5.75 Å². The molecule has 0 amide bonds. The number of ether oxygens (including phenoxy) is 1. The number of halogens is 3. The summed E-state index contributed by atoms with van der Waals surface area (Å²) < 4.78 is 20.3. The number of pyridine rings is 1. The van der Waals surface area contributed by atoms with E-state index in [0.717, 1.165) is 4.47 Å². The fraction of sp³-hybridized carbons (Fsp3) is 0. The molecule has 0 aliphatic rings. The topological polar surface area (TPSA) is 22.1 Å². The predicted octanol–water partition coefficient (Wildman–Crippen LogP) is 4.54. The van der Waals surface area contributed by atoms with Crippen molar-refractivity contribution in [1.82, 2.24) is 4.98 Å². The average Bonchev–Trinajstić information content (AvgIpc) is 2.22. The molecule has 0 spiro atoms. The maximum atomic E-state index is 13.4. The maximum Gasteiger partial charge on any atom is 0.166 e. The number of nitrogens with zero attached hydrogens (tertiary/aromatic N) is 1.